The first-order chi connectivity index (χ1) is 11.7. The number of nitrogens with one attached hydrogen (secondary N) is 2. The Morgan fingerprint density at radius 1 is 1.33 bits per heavy atom. The SMILES string of the molecule is CCNC(=NCC1CCCO1)NC1CCN(c2ccc(Br)cc2)C1. The number of aliphatic imine (C=N–C) groups is 1. The van der Waals surface area contributed by atoms with E-state index in [4.69, 9.17) is 9.73 Å². The van der Waals surface area contributed by atoms with Crippen LogP contribution in [0.3, 0.4) is 0 Å². The predicted octanol–water partition coefficient (Wildman–Crippen LogP) is 2.76. The van der Waals surface area contributed by atoms with E-state index in [0.29, 0.717) is 12.1 Å². The fourth-order valence-corrected chi connectivity index (χ4v) is 3.52. The van der Waals surface area contributed by atoms with E-state index in [-0.39, 0.29) is 0 Å². The standard InChI is InChI=1S/C18H27BrN4O/c1-2-20-18(21-12-17-4-3-11-24-17)22-15-9-10-23(13-15)16-7-5-14(19)6-8-16/h5-8,15,17H,2-4,9-13H2,1H3,(H2,20,21,22). The molecule has 2 fully saturated rings. The number of nitrogens with zero attached hydrogens (tertiary/aromatic N) is 2. The highest BCUT2D eigenvalue weighted by Crippen LogP contribution is 2.22. The van der Waals surface area contributed by atoms with Gasteiger partial charge in [-0.25, -0.2) is 0 Å². The molecule has 1 aromatic rings. The second kappa shape index (κ2) is 8.72. The van der Waals surface area contributed by atoms with Gasteiger partial charge in [0, 0.05) is 42.4 Å². The van der Waals surface area contributed by atoms with Gasteiger partial charge in [0.1, 0.15) is 0 Å². The number of hydrogen-bond donors (Lipinski definition) is 2. The fourth-order valence-electron chi connectivity index (χ4n) is 3.26. The maximum atomic E-state index is 5.66. The van der Waals surface area contributed by atoms with Crippen LogP contribution in [0.2, 0.25) is 0 Å². The summed E-state index contributed by atoms with van der Waals surface area (Å²) in [6.07, 6.45) is 3.71. The molecule has 132 valence electrons. The van der Waals surface area contributed by atoms with E-state index in [9.17, 15) is 0 Å². The Morgan fingerprint density at radius 2 is 2.17 bits per heavy atom. The number of halogens is 1. The minimum atomic E-state index is 0.295. The zero-order valence-electron chi connectivity index (χ0n) is 14.3. The van der Waals surface area contributed by atoms with Crippen molar-refractivity contribution in [3.63, 3.8) is 0 Å². The number of hydrogen-bond acceptors (Lipinski definition) is 3. The summed E-state index contributed by atoms with van der Waals surface area (Å²) in [5.74, 6) is 0.913. The van der Waals surface area contributed by atoms with E-state index in [1.165, 1.54) is 5.69 Å². The molecule has 3 rings (SSSR count). The van der Waals surface area contributed by atoms with Crippen molar-refractivity contribution >= 4 is 27.6 Å². The highest BCUT2D eigenvalue weighted by atomic mass is 79.9. The number of rotatable bonds is 5. The number of ether oxygens (including phenoxy) is 1. The molecule has 0 radical (unpaired) electrons. The monoisotopic (exact) mass is 394 g/mol. The molecular weight excluding hydrogens is 368 g/mol. The molecule has 0 bridgehead atoms. The quantitative estimate of drug-likeness (QED) is 0.595. The highest BCUT2D eigenvalue weighted by Gasteiger charge is 2.23. The Morgan fingerprint density at radius 3 is 2.88 bits per heavy atom. The lowest BCUT2D eigenvalue weighted by Gasteiger charge is -2.20. The van der Waals surface area contributed by atoms with Crippen LogP contribution in [0.25, 0.3) is 0 Å². The first-order valence-corrected chi connectivity index (χ1v) is 9.71. The molecule has 2 aliphatic heterocycles. The predicted molar refractivity (Wildman–Crippen MR) is 103 cm³/mol. The van der Waals surface area contributed by atoms with E-state index >= 15 is 0 Å². The molecule has 6 heteroatoms. The minimum absolute atomic E-state index is 0.295. The van der Waals surface area contributed by atoms with E-state index in [1.54, 1.807) is 0 Å². The topological polar surface area (TPSA) is 48.9 Å². The van der Waals surface area contributed by atoms with Gasteiger partial charge in [-0.1, -0.05) is 15.9 Å². The van der Waals surface area contributed by atoms with Crippen LogP contribution >= 0.6 is 15.9 Å². The molecule has 0 spiro atoms. The molecule has 2 atom stereocenters. The molecule has 2 saturated heterocycles. The third-order valence-corrected chi connectivity index (χ3v) is 5.07. The van der Waals surface area contributed by atoms with Crippen LogP contribution in [-0.2, 0) is 4.74 Å². The Labute approximate surface area is 153 Å². The maximum Gasteiger partial charge on any atom is 0.191 e. The van der Waals surface area contributed by atoms with Crippen molar-refractivity contribution in [3.8, 4) is 0 Å². The zero-order valence-corrected chi connectivity index (χ0v) is 15.9. The van der Waals surface area contributed by atoms with Gasteiger partial charge in [0.15, 0.2) is 5.96 Å². The number of benzene rings is 1. The molecule has 0 saturated carbocycles. The largest absolute Gasteiger partial charge is 0.376 e. The molecule has 0 aromatic heterocycles. The molecule has 5 nitrogen and oxygen atoms in total. The highest BCUT2D eigenvalue weighted by molar-refractivity contribution is 9.10. The van der Waals surface area contributed by atoms with E-state index < -0.39 is 0 Å². The summed E-state index contributed by atoms with van der Waals surface area (Å²) in [7, 11) is 0. The summed E-state index contributed by atoms with van der Waals surface area (Å²) < 4.78 is 6.78. The lowest BCUT2D eigenvalue weighted by molar-refractivity contribution is 0.117. The molecule has 2 N–H and O–H groups in total. The smallest absolute Gasteiger partial charge is 0.191 e. The van der Waals surface area contributed by atoms with Crippen molar-refractivity contribution in [1.29, 1.82) is 0 Å². The Hall–Kier alpha value is -1.27. The van der Waals surface area contributed by atoms with Gasteiger partial charge in [-0.3, -0.25) is 4.99 Å². The summed E-state index contributed by atoms with van der Waals surface area (Å²) in [5, 5.41) is 6.94. The third kappa shape index (κ3) is 4.86. The summed E-state index contributed by atoms with van der Waals surface area (Å²) in [6.45, 7) is 6.69. The van der Waals surface area contributed by atoms with Crippen molar-refractivity contribution in [3.05, 3.63) is 28.7 Å². The van der Waals surface area contributed by atoms with Crippen molar-refractivity contribution in [1.82, 2.24) is 10.6 Å². The van der Waals surface area contributed by atoms with E-state index in [1.807, 2.05) is 0 Å². The van der Waals surface area contributed by atoms with Crippen molar-refractivity contribution in [2.24, 2.45) is 4.99 Å². The number of anilines is 1. The average molecular weight is 395 g/mol. The van der Waals surface area contributed by atoms with Gasteiger partial charge < -0.3 is 20.3 Å². The Kier molecular flexibility index (Phi) is 6.37. The molecule has 2 unspecified atom stereocenters. The van der Waals surface area contributed by atoms with Gasteiger partial charge >= 0.3 is 0 Å². The van der Waals surface area contributed by atoms with Gasteiger partial charge in [0.2, 0.25) is 0 Å². The molecule has 0 aliphatic carbocycles. The molecule has 0 amide bonds. The summed E-state index contributed by atoms with van der Waals surface area (Å²) in [4.78, 5) is 7.14. The lowest BCUT2D eigenvalue weighted by atomic mass is 10.2. The Balaban J connectivity index is 1.53. The minimum Gasteiger partial charge on any atom is -0.376 e. The molecule has 2 aliphatic rings. The Bertz CT molecular complexity index is 542. The second-order valence-electron chi connectivity index (χ2n) is 6.41. The van der Waals surface area contributed by atoms with E-state index in [0.717, 1.165) is 62.5 Å². The third-order valence-electron chi connectivity index (χ3n) is 4.54. The number of guanidine groups is 1. The van der Waals surface area contributed by atoms with Gasteiger partial charge in [-0.2, -0.15) is 0 Å². The molecular formula is C18H27BrN4O. The van der Waals surface area contributed by atoms with Crippen LogP contribution < -0.4 is 15.5 Å². The van der Waals surface area contributed by atoms with Gasteiger partial charge in [0.25, 0.3) is 0 Å². The van der Waals surface area contributed by atoms with Crippen molar-refractivity contribution in [2.75, 3.05) is 37.7 Å². The second-order valence-corrected chi connectivity index (χ2v) is 7.32. The van der Waals surface area contributed by atoms with Gasteiger partial charge in [0.05, 0.1) is 12.6 Å². The van der Waals surface area contributed by atoms with Crippen molar-refractivity contribution in [2.45, 2.75) is 38.3 Å². The lowest BCUT2D eigenvalue weighted by Crippen LogP contribution is -2.45. The van der Waals surface area contributed by atoms with Gasteiger partial charge in [-0.05, 0) is 50.5 Å². The summed E-state index contributed by atoms with van der Waals surface area (Å²) in [6, 6.07) is 8.97. The molecule has 2 heterocycles. The summed E-state index contributed by atoms with van der Waals surface area (Å²) in [5.41, 5.74) is 1.28. The first-order valence-electron chi connectivity index (χ1n) is 8.91. The normalized spacial score (nSPS) is 24.4. The fraction of sp³-hybridized carbons (Fsp3) is 0.611. The van der Waals surface area contributed by atoms with Crippen LogP contribution in [0.4, 0.5) is 5.69 Å². The van der Waals surface area contributed by atoms with Gasteiger partial charge in [-0.15, -0.1) is 0 Å². The average Bonchev–Trinajstić information content (AvgIpc) is 3.25. The zero-order chi connectivity index (χ0) is 16.8. The van der Waals surface area contributed by atoms with Crippen molar-refractivity contribution < 1.29 is 4.74 Å². The van der Waals surface area contributed by atoms with Crippen LogP contribution in [-0.4, -0.2) is 50.9 Å². The van der Waals surface area contributed by atoms with Crippen LogP contribution in [0.1, 0.15) is 26.2 Å². The first kappa shape index (κ1) is 17.5. The van der Waals surface area contributed by atoms with E-state index in [2.05, 4.69) is 62.7 Å². The maximum absolute atomic E-state index is 5.66. The molecule has 1 aromatic carbocycles. The van der Waals surface area contributed by atoms with Crippen LogP contribution in [0.5, 0.6) is 0 Å². The summed E-state index contributed by atoms with van der Waals surface area (Å²) >= 11 is 3.50. The van der Waals surface area contributed by atoms with Crippen LogP contribution in [0.15, 0.2) is 33.7 Å². The van der Waals surface area contributed by atoms with Crippen LogP contribution in [0, 0.1) is 0 Å². The molecule has 24 heavy (non-hydrogen) atoms.